The number of phenols is 1. The van der Waals surface area contributed by atoms with Crippen LogP contribution in [0.5, 0.6) is 5.75 Å². The lowest BCUT2D eigenvalue weighted by molar-refractivity contribution is 0.0773. The summed E-state index contributed by atoms with van der Waals surface area (Å²) in [5.74, 6) is 0.334. The molecule has 3 rings (SSSR count). The molecule has 2 N–H and O–H groups in total. The Kier molecular flexibility index (Phi) is 8.14. The van der Waals surface area contributed by atoms with E-state index in [0.717, 1.165) is 30.9 Å². The van der Waals surface area contributed by atoms with Crippen LogP contribution in [0.15, 0.2) is 48.5 Å². The van der Waals surface area contributed by atoms with Gasteiger partial charge in [-0.3, -0.25) is 4.79 Å². The molecule has 0 spiro atoms. The minimum absolute atomic E-state index is 0.0690. The summed E-state index contributed by atoms with van der Waals surface area (Å²) < 4.78 is 0. The number of unbranched alkanes of at least 4 members (excludes halogenated alkanes) is 1. The largest absolute Gasteiger partial charge is 0.508 e. The number of hydrogen-bond acceptors (Lipinski definition) is 4. The summed E-state index contributed by atoms with van der Waals surface area (Å²) in [7, 11) is 0. The summed E-state index contributed by atoms with van der Waals surface area (Å²) in [5, 5.41) is 13.5. The number of anilines is 2. The number of benzene rings is 2. The molecule has 1 amide bonds. The molecule has 5 heteroatoms. The van der Waals surface area contributed by atoms with E-state index in [2.05, 4.69) is 10.2 Å². The van der Waals surface area contributed by atoms with E-state index in [-0.39, 0.29) is 11.7 Å². The van der Waals surface area contributed by atoms with Gasteiger partial charge in [0.1, 0.15) is 5.75 Å². The number of aromatic hydroxyl groups is 1. The number of hydrogen-bond donors (Lipinski definition) is 2. The lowest BCUT2D eigenvalue weighted by Gasteiger charge is -2.26. The zero-order valence-electron chi connectivity index (χ0n) is 18.3. The summed E-state index contributed by atoms with van der Waals surface area (Å²) in [6.45, 7) is 7.45. The van der Waals surface area contributed by atoms with Crippen LogP contribution in [0.25, 0.3) is 0 Å². The van der Waals surface area contributed by atoms with Crippen molar-refractivity contribution in [3.05, 3.63) is 54.1 Å². The maximum absolute atomic E-state index is 12.6. The van der Waals surface area contributed by atoms with Crippen molar-refractivity contribution in [1.29, 1.82) is 0 Å². The standard InChI is InChI=1S/C25H35N3O2/c1-3-27(4-2)25(30)20-13-15-22(16-14-20)28(23-11-7-12-24(29)19-23)18-6-5-9-21-10-8-17-26-21/h7,11-16,19,21,26,29H,3-6,8-10,17-18H2,1-2H3. The molecule has 1 heterocycles. The maximum Gasteiger partial charge on any atom is 0.253 e. The Balaban J connectivity index is 1.71. The van der Waals surface area contributed by atoms with Crippen molar-refractivity contribution in [2.24, 2.45) is 0 Å². The van der Waals surface area contributed by atoms with Crippen LogP contribution < -0.4 is 10.2 Å². The molecular weight excluding hydrogens is 374 g/mol. The molecule has 0 aromatic heterocycles. The van der Waals surface area contributed by atoms with Crippen LogP contribution in [-0.4, -0.2) is 48.1 Å². The molecule has 0 radical (unpaired) electrons. The fourth-order valence-electron chi connectivity index (χ4n) is 4.21. The molecule has 5 nitrogen and oxygen atoms in total. The van der Waals surface area contributed by atoms with Crippen molar-refractivity contribution in [1.82, 2.24) is 10.2 Å². The van der Waals surface area contributed by atoms with E-state index in [1.54, 1.807) is 12.1 Å². The summed E-state index contributed by atoms with van der Waals surface area (Å²) in [5.41, 5.74) is 2.72. The molecule has 0 saturated carbocycles. The smallest absolute Gasteiger partial charge is 0.253 e. The first-order valence-electron chi connectivity index (χ1n) is 11.3. The summed E-state index contributed by atoms with van der Waals surface area (Å²) in [4.78, 5) is 16.7. The van der Waals surface area contributed by atoms with Crippen molar-refractivity contribution in [2.45, 2.75) is 52.0 Å². The van der Waals surface area contributed by atoms with Crippen LogP contribution in [0.3, 0.4) is 0 Å². The van der Waals surface area contributed by atoms with Gasteiger partial charge in [0.25, 0.3) is 5.91 Å². The Hall–Kier alpha value is -2.53. The van der Waals surface area contributed by atoms with Gasteiger partial charge in [-0.15, -0.1) is 0 Å². The molecule has 1 aliphatic rings. The predicted octanol–water partition coefficient (Wildman–Crippen LogP) is 4.93. The first-order chi connectivity index (χ1) is 14.6. The second-order valence-electron chi connectivity index (χ2n) is 7.98. The van der Waals surface area contributed by atoms with Crippen LogP contribution >= 0.6 is 0 Å². The van der Waals surface area contributed by atoms with Crippen LogP contribution in [-0.2, 0) is 0 Å². The van der Waals surface area contributed by atoms with E-state index in [1.807, 2.05) is 55.1 Å². The Morgan fingerprint density at radius 2 is 1.83 bits per heavy atom. The molecule has 2 aromatic rings. The molecule has 1 atom stereocenters. The first kappa shape index (κ1) is 22.2. The van der Waals surface area contributed by atoms with Gasteiger partial charge in [-0.05, 0) is 82.5 Å². The average Bonchev–Trinajstić information content (AvgIpc) is 3.28. The van der Waals surface area contributed by atoms with Crippen molar-refractivity contribution >= 4 is 17.3 Å². The van der Waals surface area contributed by atoms with E-state index >= 15 is 0 Å². The van der Waals surface area contributed by atoms with Gasteiger partial charge in [-0.2, -0.15) is 0 Å². The van der Waals surface area contributed by atoms with Gasteiger partial charge in [-0.25, -0.2) is 0 Å². The highest BCUT2D eigenvalue weighted by Gasteiger charge is 2.16. The van der Waals surface area contributed by atoms with Gasteiger partial charge in [0.15, 0.2) is 0 Å². The Morgan fingerprint density at radius 3 is 2.47 bits per heavy atom. The Bertz CT molecular complexity index is 796. The minimum atomic E-state index is 0.0690. The zero-order chi connectivity index (χ0) is 21.3. The molecular formula is C25H35N3O2. The van der Waals surface area contributed by atoms with Gasteiger partial charge >= 0.3 is 0 Å². The van der Waals surface area contributed by atoms with Gasteiger partial charge in [0.2, 0.25) is 0 Å². The highest BCUT2D eigenvalue weighted by Crippen LogP contribution is 2.29. The number of amides is 1. The molecule has 1 fully saturated rings. The molecule has 162 valence electrons. The number of carbonyl (C=O) groups is 1. The van der Waals surface area contributed by atoms with Gasteiger partial charge in [-0.1, -0.05) is 12.5 Å². The molecule has 0 bridgehead atoms. The van der Waals surface area contributed by atoms with Crippen molar-refractivity contribution in [3.63, 3.8) is 0 Å². The van der Waals surface area contributed by atoms with Gasteiger partial charge in [0.05, 0.1) is 0 Å². The summed E-state index contributed by atoms with van der Waals surface area (Å²) in [6.07, 6.45) is 6.04. The molecule has 1 saturated heterocycles. The third-order valence-electron chi connectivity index (χ3n) is 5.96. The van der Waals surface area contributed by atoms with Gasteiger partial charge < -0.3 is 20.2 Å². The van der Waals surface area contributed by atoms with Crippen LogP contribution in [0.2, 0.25) is 0 Å². The SMILES string of the molecule is CCN(CC)C(=O)c1ccc(N(CCCCC2CCCN2)c2cccc(O)c2)cc1. The van der Waals surface area contributed by atoms with Crippen LogP contribution in [0.4, 0.5) is 11.4 Å². The number of rotatable bonds is 10. The second kappa shape index (κ2) is 11.0. The number of nitrogens with one attached hydrogen (secondary N) is 1. The third-order valence-corrected chi connectivity index (χ3v) is 5.96. The van der Waals surface area contributed by atoms with Crippen molar-refractivity contribution < 1.29 is 9.90 Å². The third kappa shape index (κ3) is 5.76. The fourth-order valence-corrected chi connectivity index (χ4v) is 4.21. The highest BCUT2D eigenvalue weighted by molar-refractivity contribution is 5.94. The normalized spacial score (nSPS) is 15.9. The molecule has 0 aliphatic carbocycles. The quantitative estimate of drug-likeness (QED) is 0.546. The zero-order valence-corrected chi connectivity index (χ0v) is 18.3. The predicted molar refractivity (Wildman–Crippen MR) is 124 cm³/mol. The first-order valence-corrected chi connectivity index (χ1v) is 11.3. The number of nitrogens with zero attached hydrogens (tertiary/aromatic N) is 2. The van der Waals surface area contributed by atoms with Crippen LogP contribution in [0, 0.1) is 0 Å². The summed E-state index contributed by atoms with van der Waals surface area (Å²) >= 11 is 0. The lowest BCUT2D eigenvalue weighted by atomic mass is 10.1. The number of phenolic OH excluding ortho intramolecular Hbond substituents is 1. The second-order valence-corrected chi connectivity index (χ2v) is 7.98. The Morgan fingerprint density at radius 1 is 1.07 bits per heavy atom. The lowest BCUT2D eigenvalue weighted by Crippen LogP contribution is -2.30. The van der Waals surface area contributed by atoms with E-state index < -0.39 is 0 Å². The maximum atomic E-state index is 12.6. The Labute approximate surface area is 180 Å². The van der Waals surface area contributed by atoms with E-state index in [1.165, 1.54) is 25.7 Å². The molecule has 2 aromatic carbocycles. The molecule has 30 heavy (non-hydrogen) atoms. The topological polar surface area (TPSA) is 55.8 Å². The van der Waals surface area contributed by atoms with E-state index in [0.29, 0.717) is 24.7 Å². The molecule has 1 unspecified atom stereocenters. The average molecular weight is 410 g/mol. The van der Waals surface area contributed by atoms with E-state index in [4.69, 9.17) is 0 Å². The van der Waals surface area contributed by atoms with E-state index in [9.17, 15) is 9.90 Å². The summed E-state index contributed by atoms with van der Waals surface area (Å²) in [6, 6.07) is 15.9. The van der Waals surface area contributed by atoms with Crippen LogP contribution in [0.1, 0.15) is 56.3 Å². The highest BCUT2D eigenvalue weighted by atomic mass is 16.3. The van der Waals surface area contributed by atoms with Crippen molar-refractivity contribution in [2.75, 3.05) is 31.1 Å². The number of carbonyl (C=O) groups excluding carboxylic acids is 1. The monoisotopic (exact) mass is 409 g/mol. The van der Waals surface area contributed by atoms with Crippen molar-refractivity contribution in [3.8, 4) is 5.75 Å². The minimum Gasteiger partial charge on any atom is -0.508 e. The fraction of sp³-hybridized carbons (Fsp3) is 0.480. The van der Waals surface area contributed by atoms with Gasteiger partial charge in [0, 0.05) is 48.7 Å². The molecule has 1 aliphatic heterocycles.